The van der Waals surface area contributed by atoms with E-state index in [0.717, 1.165) is 13.1 Å². The zero-order chi connectivity index (χ0) is 16.7. The van der Waals surface area contributed by atoms with E-state index in [1.54, 1.807) is 18.2 Å². The van der Waals surface area contributed by atoms with Crippen molar-refractivity contribution in [2.45, 2.75) is 12.7 Å². The van der Waals surface area contributed by atoms with Gasteiger partial charge in [-0.05, 0) is 19.2 Å². The van der Waals surface area contributed by atoms with Crippen molar-refractivity contribution in [1.29, 1.82) is 0 Å². The number of ether oxygens (including phenoxy) is 2. The lowest BCUT2D eigenvalue weighted by atomic mass is 10.2. The zero-order valence-electron chi connectivity index (χ0n) is 12.9. The number of hydrogen-bond donors (Lipinski definition) is 1. The molecule has 1 N–H and O–H groups in total. The molecular weight excluding hydrogens is 306 g/mol. The predicted molar refractivity (Wildman–Crippen MR) is 82.4 cm³/mol. The van der Waals surface area contributed by atoms with Crippen LogP contribution in [0.4, 0.5) is 8.78 Å². The Hall–Kier alpha value is -1.99. The maximum atomic E-state index is 12.3. The molecule has 1 atom stereocenters. The summed E-state index contributed by atoms with van der Waals surface area (Å²) >= 11 is 0. The van der Waals surface area contributed by atoms with E-state index in [4.69, 9.17) is 4.74 Å². The van der Waals surface area contributed by atoms with Crippen LogP contribution >= 0.6 is 0 Å². The Labute approximate surface area is 133 Å². The first kappa shape index (κ1) is 17.4. The molecular formula is C16H20F2N2O3. The van der Waals surface area contributed by atoms with E-state index in [9.17, 15) is 13.6 Å². The first-order chi connectivity index (χ1) is 11.0. The van der Waals surface area contributed by atoms with E-state index in [2.05, 4.69) is 15.0 Å². The van der Waals surface area contributed by atoms with Crippen LogP contribution in [0.15, 0.2) is 30.3 Å². The monoisotopic (exact) mass is 326 g/mol. The fourth-order valence-corrected chi connectivity index (χ4v) is 2.25. The number of nitrogens with zero attached hydrogens (tertiary/aromatic N) is 1. The summed E-state index contributed by atoms with van der Waals surface area (Å²) in [5.41, 5.74) is 0.414. The summed E-state index contributed by atoms with van der Waals surface area (Å²) in [7, 11) is 2.00. The van der Waals surface area contributed by atoms with Crippen molar-refractivity contribution in [1.82, 2.24) is 10.2 Å². The van der Waals surface area contributed by atoms with Crippen LogP contribution < -0.4 is 10.1 Å². The van der Waals surface area contributed by atoms with Crippen molar-refractivity contribution in [2.75, 3.05) is 33.3 Å². The molecule has 5 nitrogen and oxygen atoms in total. The van der Waals surface area contributed by atoms with Crippen LogP contribution in [-0.4, -0.2) is 56.8 Å². The first-order valence-corrected chi connectivity index (χ1v) is 7.34. The Morgan fingerprint density at radius 1 is 1.52 bits per heavy atom. The SMILES string of the molecule is CN1CCOC(CNC(=O)C=Cc2ccccc2OC(F)F)C1. The second kappa shape index (κ2) is 8.59. The highest BCUT2D eigenvalue weighted by Gasteiger charge is 2.17. The van der Waals surface area contributed by atoms with Gasteiger partial charge in [0.25, 0.3) is 0 Å². The van der Waals surface area contributed by atoms with Crippen molar-refractivity contribution < 1.29 is 23.0 Å². The summed E-state index contributed by atoms with van der Waals surface area (Å²) in [6.07, 6.45) is 2.70. The minimum absolute atomic E-state index is 0.0313. The average molecular weight is 326 g/mol. The number of morpholine rings is 1. The van der Waals surface area contributed by atoms with E-state index in [1.807, 2.05) is 7.05 Å². The van der Waals surface area contributed by atoms with E-state index >= 15 is 0 Å². The van der Waals surface area contributed by atoms with Crippen LogP contribution in [0.2, 0.25) is 0 Å². The molecule has 0 bridgehead atoms. The summed E-state index contributed by atoms with van der Waals surface area (Å²) in [6.45, 7) is -0.215. The quantitative estimate of drug-likeness (QED) is 0.809. The summed E-state index contributed by atoms with van der Waals surface area (Å²) < 4.78 is 34.6. The number of hydrogen-bond acceptors (Lipinski definition) is 4. The van der Waals surface area contributed by atoms with Gasteiger partial charge in [0, 0.05) is 31.3 Å². The van der Waals surface area contributed by atoms with Gasteiger partial charge < -0.3 is 19.7 Å². The molecule has 1 aliphatic rings. The van der Waals surface area contributed by atoms with Gasteiger partial charge in [-0.3, -0.25) is 4.79 Å². The molecule has 0 aromatic heterocycles. The number of benzene rings is 1. The molecule has 0 spiro atoms. The first-order valence-electron chi connectivity index (χ1n) is 7.34. The number of likely N-dealkylation sites (N-methyl/N-ethyl adjacent to an activating group) is 1. The standard InChI is InChI=1S/C16H20F2N2O3/c1-20-8-9-22-13(11-20)10-19-15(21)7-6-12-4-2-3-5-14(12)23-16(17)18/h2-7,13,16H,8-11H2,1H3,(H,19,21). The number of halogens is 2. The van der Waals surface area contributed by atoms with Crippen molar-refractivity contribution in [3.05, 3.63) is 35.9 Å². The highest BCUT2D eigenvalue weighted by atomic mass is 19.3. The Bertz CT molecular complexity index is 552. The largest absolute Gasteiger partial charge is 0.434 e. The molecule has 2 rings (SSSR count). The van der Waals surface area contributed by atoms with Crippen molar-refractivity contribution in [3.63, 3.8) is 0 Å². The molecule has 23 heavy (non-hydrogen) atoms. The third-order valence-electron chi connectivity index (χ3n) is 3.40. The fourth-order valence-electron chi connectivity index (χ4n) is 2.25. The van der Waals surface area contributed by atoms with Gasteiger partial charge in [-0.25, -0.2) is 0 Å². The van der Waals surface area contributed by atoms with Gasteiger partial charge in [-0.2, -0.15) is 8.78 Å². The second-order valence-electron chi connectivity index (χ2n) is 5.25. The van der Waals surface area contributed by atoms with Crippen LogP contribution in [0.25, 0.3) is 6.08 Å². The molecule has 0 saturated carbocycles. The maximum Gasteiger partial charge on any atom is 0.387 e. The molecule has 1 fully saturated rings. The van der Waals surface area contributed by atoms with Crippen LogP contribution in [-0.2, 0) is 9.53 Å². The van der Waals surface area contributed by atoms with E-state index < -0.39 is 6.61 Å². The molecule has 1 amide bonds. The van der Waals surface area contributed by atoms with Gasteiger partial charge in [0.1, 0.15) is 5.75 Å². The van der Waals surface area contributed by atoms with Crippen molar-refractivity contribution in [2.24, 2.45) is 0 Å². The Balaban J connectivity index is 1.86. The minimum atomic E-state index is -2.90. The zero-order valence-corrected chi connectivity index (χ0v) is 12.9. The highest BCUT2D eigenvalue weighted by molar-refractivity contribution is 5.92. The average Bonchev–Trinajstić information content (AvgIpc) is 2.51. The summed E-state index contributed by atoms with van der Waals surface area (Å²) in [4.78, 5) is 14.0. The number of nitrogens with one attached hydrogen (secondary N) is 1. The van der Waals surface area contributed by atoms with Gasteiger partial charge in [0.2, 0.25) is 5.91 Å². The number of rotatable bonds is 6. The normalized spacial score (nSPS) is 19.2. The van der Waals surface area contributed by atoms with E-state index in [0.29, 0.717) is 18.7 Å². The molecule has 1 aromatic carbocycles. The number of carbonyl (C=O) groups is 1. The molecule has 1 aromatic rings. The third kappa shape index (κ3) is 5.96. The summed E-state index contributed by atoms with van der Waals surface area (Å²) in [5, 5.41) is 2.74. The molecule has 1 heterocycles. The molecule has 1 aliphatic heterocycles. The molecule has 7 heteroatoms. The molecule has 126 valence electrons. The second-order valence-corrected chi connectivity index (χ2v) is 5.25. The molecule has 1 saturated heterocycles. The lowest BCUT2D eigenvalue weighted by molar-refractivity contribution is -0.117. The number of carbonyl (C=O) groups excluding carboxylic acids is 1. The lowest BCUT2D eigenvalue weighted by Crippen LogP contribution is -2.45. The molecule has 0 aliphatic carbocycles. The Morgan fingerprint density at radius 3 is 3.04 bits per heavy atom. The topological polar surface area (TPSA) is 50.8 Å². The number of amides is 1. The van der Waals surface area contributed by atoms with Crippen LogP contribution in [0.5, 0.6) is 5.75 Å². The number of para-hydroxylation sites is 1. The lowest BCUT2D eigenvalue weighted by Gasteiger charge is -2.29. The van der Waals surface area contributed by atoms with E-state index in [-0.39, 0.29) is 17.8 Å². The van der Waals surface area contributed by atoms with Gasteiger partial charge >= 0.3 is 6.61 Å². The Kier molecular flexibility index (Phi) is 6.49. The van der Waals surface area contributed by atoms with Crippen molar-refractivity contribution >= 4 is 12.0 Å². The van der Waals surface area contributed by atoms with Gasteiger partial charge in [0.15, 0.2) is 0 Å². The number of alkyl halides is 2. The third-order valence-corrected chi connectivity index (χ3v) is 3.40. The van der Waals surface area contributed by atoms with Crippen LogP contribution in [0.1, 0.15) is 5.56 Å². The maximum absolute atomic E-state index is 12.3. The molecule has 0 radical (unpaired) electrons. The molecule has 1 unspecified atom stereocenters. The highest BCUT2D eigenvalue weighted by Crippen LogP contribution is 2.21. The Morgan fingerprint density at radius 2 is 2.30 bits per heavy atom. The summed E-state index contributed by atoms with van der Waals surface area (Å²) in [5.74, 6) is -0.280. The van der Waals surface area contributed by atoms with Crippen LogP contribution in [0.3, 0.4) is 0 Å². The van der Waals surface area contributed by atoms with Gasteiger partial charge in [-0.1, -0.05) is 18.2 Å². The van der Waals surface area contributed by atoms with Gasteiger partial charge in [0.05, 0.1) is 12.7 Å². The summed E-state index contributed by atoms with van der Waals surface area (Å²) in [6, 6.07) is 6.30. The predicted octanol–water partition coefficient (Wildman–Crippen LogP) is 1.75. The smallest absolute Gasteiger partial charge is 0.387 e. The van der Waals surface area contributed by atoms with E-state index in [1.165, 1.54) is 18.2 Å². The van der Waals surface area contributed by atoms with Crippen LogP contribution in [0, 0.1) is 0 Å². The minimum Gasteiger partial charge on any atom is -0.434 e. The van der Waals surface area contributed by atoms with Crippen molar-refractivity contribution in [3.8, 4) is 5.75 Å². The fraction of sp³-hybridized carbons (Fsp3) is 0.438. The van der Waals surface area contributed by atoms with Gasteiger partial charge in [-0.15, -0.1) is 0 Å².